The predicted octanol–water partition coefficient (Wildman–Crippen LogP) is 0.758. The fourth-order valence-corrected chi connectivity index (χ4v) is 2.37. The molecule has 1 atom stereocenters. The van der Waals surface area contributed by atoms with Crippen LogP contribution in [-0.2, 0) is 10.0 Å². The normalized spacial score (nSPS) is 21.8. The lowest BCUT2D eigenvalue weighted by Crippen LogP contribution is -2.14. The van der Waals surface area contributed by atoms with Crippen molar-refractivity contribution in [2.75, 3.05) is 6.54 Å². The highest BCUT2D eigenvalue weighted by Gasteiger charge is 2.16. The summed E-state index contributed by atoms with van der Waals surface area (Å²) in [6.07, 6.45) is 2.27. The van der Waals surface area contributed by atoms with Gasteiger partial charge < -0.3 is 5.32 Å². The maximum atomic E-state index is 11.0. The van der Waals surface area contributed by atoms with E-state index in [0.29, 0.717) is 6.04 Å². The van der Waals surface area contributed by atoms with E-state index < -0.39 is 10.0 Å². The lowest BCUT2D eigenvalue weighted by Gasteiger charge is -2.10. The van der Waals surface area contributed by atoms with Crippen LogP contribution in [0.4, 0.5) is 0 Å². The third-order valence-electron chi connectivity index (χ3n) is 2.67. The van der Waals surface area contributed by atoms with Gasteiger partial charge in [-0.3, -0.25) is 0 Å². The third kappa shape index (κ3) is 2.37. The van der Waals surface area contributed by atoms with E-state index in [4.69, 9.17) is 5.14 Å². The van der Waals surface area contributed by atoms with Crippen LogP contribution in [-0.4, -0.2) is 15.0 Å². The molecule has 1 aromatic carbocycles. The minimum Gasteiger partial charge on any atom is -0.310 e. The lowest BCUT2D eigenvalue weighted by atomic mass is 10.1. The lowest BCUT2D eigenvalue weighted by molar-refractivity contribution is 0.597. The highest BCUT2D eigenvalue weighted by Crippen LogP contribution is 2.23. The zero-order chi connectivity index (χ0) is 10.9. The molecule has 0 spiro atoms. The molecule has 1 aliphatic rings. The summed E-state index contributed by atoms with van der Waals surface area (Å²) in [6, 6.07) is 7.13. The first-order chi connectivity index (χ1) is 7.07. The zero-order valence-electron chi connectivity index (χ0n) is 8.31. The molecule has 1 saturated heterocycles. The molecule has 0 radical (unpaired) electrons. The largest absolute Gasteiger partial charge is 0.310 e. The maximum Gasteiger partial charge on any atom is 0.238 e. The highest BCUT2D eigenvalue weighted by atomic mass is 32.2. The van der Waals surface area contributed by atoms with Crippen LogP contribution >= 0.6 is 0 Å². The zero-order valence-corrected chi connectivity index (χ0v) is 9.13. The van der Waals surface area contributed by atoms with Crippen LogP contribution in [0.25, 0.3) is 0 Å². The Hall–Kier alpha value is -0.910. The summed E-state index contributed by atoms with van der Waals surface area (Å²) < 4.78 is 22.1. The number of hydrogen-bond acceptors (Lipinski definition) is 3. The van der Waals surface area contributed by atoms with Gasteiger partial charge in [-0.1, -0.05) is 12.1 Å². The summed E-state index contributed by atoms with van der Waals surface area (Å²) in [5.74, 6) is 0. The standard InChI is InChI=1S/C10H14N2O2S/c11-15(13,14)9-5-3-8(4-6-9)10-2-1-7-12-10/h3-6,10,12H,1-2,7H2,(H2,11,13,14)/t10-/m1/s1. The van der Waals surface area contributed by atoms with E-state index in [1.165, 1.54) is 6.42 Å². The van der Waals surface area contributed by atoms with Gasteiger partial charge in [-0.25, -0.2) is 13.6 Å². The van der Waals surface area contributed by atoms with Crippen molar-refractivity contribution in [1.82, 2.24) is 5.32 Å². The van der Waals surface area contributed by atoms with E-state index in [1.54, 1.807) is 12.1 Å². The van der Waals surface area contributed by atoms with Gasteiger partial charge in [0, 0.05) is 6.04 Å². The first-order valence-corrected chi connectivity index (χ1v) is 6.48. The molecule has 0 aromatic heterocycles. The molecule has 1 heterocycles. The van der Waals surface area contributed by atoms with E-state index >= 15 is 0 Å². The van der Waals surface area contributed by atoms with Crippen molar-refractivity contribution in [3.63, 3.8) is 0 Å². The van der Waals surface area contributed by atoms with Gasteiger partial charge >= 0.3 is 0 Å². The quantitative estimate of drug-likeness (QED) is 0.782. The maximum absolute atomic E-state index is 11.0. The molecule has 0 amide bonds. The highest BCUT2D eigenvalue weighted by molar-refractivity contribution is 7.89. The number of nitrogens with one attached hydrogen (secondary N) is 1. The van der Waals surface area contributed by atoms with E-state index in [-0.39, 0.29) is 4.90 Å². The first-order valence-electron chi connectivity index (χ1n) is 4.93. The summed E-state index contributed by atoms with van der Waals surface area (Å²) in [6.45, 7) is 1.03. The summed E-state index contributed by atoms with van der Waals surface area (Å²) in [5.41, 5.74) is 1.12. The number of primary sulfonamides is 1. The molecule has 5 heteroatoms. The third-order valence-corrected chi connectivity index (χ3v) is 3.60. The first kappa shape index (κ1) is 10.6. The second-order valence-corrected chi connectivity index (χ2v) is 5.32. The van der Waals surface area contributed by atoms with E-state index in [9.17, 15) is 8.42 Å². The van der Waals surface area contributed by atoms with Crippen LogP contribution in [0.5, 0.6) is 0 Å². The monoisotopic (exact) mass is 226 g/mol. The smallest absolute Gasteiger partial charge is 0.238 e. The van der Waals surface area contributed by atoms with E-state index in [0.717, 1.165) is 18.5 Å². The van der Waals surface area contributed by atoms with Gasteiger partial charge in [0.15, 0.2) is 0 Å². The molecule has 0 unspecified atom stereocenters. The molecule has 2 rings (SSSR count). The van der Waals surface area contributed by atoms with Crippen molar-refractivity contribution >= 4 is 10.0 Å². The Labute approximate surface area is 89.5 Å². The fraction of sp³-hybridized carbons (Fsp3) is 0.400. The molecular formula is C10H14N2O2S. The Morgan fingerprint density at radius 1 is 1.27 bits per heavy atom. The van der Waals surface area contributed by atoms with Crippen molar-refractivity contribution in [1.29, 1.82) is 0 Å². The number of rotatable bonds is 2. The van der Waals surface area contributed by atoms with Gasteiger partial charge in [0.25, 0.3) is 0 Å². The summed E-state index contributed by atoms with van der Waals surface area (Å²) in [4.78, 5) is 0.171. The Balaban J connectivity index is 2.24. The molecule has 0 aliphatic carbocycles. The van der Waals surface area contributed by atoms with E-state index in [2.05, 4.69) is 5.32 Å². The Morgan fingerprint density at radius 2 is 1.93 bits per heavy atom. The van der Waals surface area contributed by atoms with Crippen LogP contribution in [0.1, 0.15) is 24.4 Å². The average Bonchev–Trinajstić information content (AvgIpc) is 2.69. The molecule has 82 valence electrons. The Morgan fingerprint density at radius 3 is 2.40 bits per heavy atom. The van der Waals surface area contributed by atoms with Gasteiger partial charge in [0.1, 0.15) is 0 Å². The fourth-order valence-electron chi connectivity index (χ4n) is 1.86. The molecule has 1 fully saturated rings. The van der Waals surface area contributed by atoms with Crippen LogP contribution in [0, 0.1) is 0 Å². The van der Waals surface area contributed by atoms with Crippen molar-refractivity contribution < 1.29 is 8.42 Å². The summed E-state index contributed by atoms with van der Waals surface area (Å²) >= 11 is 0. The molecule has 15 heavy (non-hydrogen) atoms. The summed E-state index contributed by atoms with van der Waals surface area (Å²) in [5, 5.41) is 8.37. The molecule has 4 nitrogen and oxygen atoms in total. The molecule has 1 aliphatic heterocycles. The number of hydrogen-bond donors (Lipinski definition) is 2. The van der Waals surface area contributed by atoms with Crippen LogP contribution in [0.15, 0.2) is 29.2 Å². The van der Waals surface area contributed by atoms with Gasteiger partial charge in [0.2, 0.25) is 10.0 Å². The van der Waals surface area contributed by atoms with Gasteiger partial charge in [0.05, 0.1) is 4.90 Å². The Kier molecular flexibility index (Phi) is 2.77. The van der Waals surface area contributed by atoms with Crippen molar-refractivity contribution in [3.05, 3.63) is 29.8 Å². The summed E-state index contributed by atoms with van der Waals surface area (Å²) in [7, 11) is -3.56. The number of nitrogens with two attached hydrogens (primary N) is 1. The van der Waals surface area contributed by atoms with Gasteiger partial charge in [-0.2, -0.15) is 0 Å². The van der Waals surface area contributed by atoms with Crippen LogP contribution in [0.3, 0.4) is 0 Å². The predicted molar refractivity (Wildman–Crippen MR) is 57.8 cm³/mol. The number of sulfonamides is 1. The van der Waals surface area contributed by atoms with Crippen molar-refractivity contribution in [2.45, 2.75) is 23.8 Å². The van der Waals surface area contributed by atoms with Crippen molar-refractivity contribution in [2.24, 2.45) is 5.14 Å². The van der Waals surface area contributed by atoms with Crippen LogP contribution in [0.2, 0.25) is 0 Å². The second kappa shape index (κ2) is 3.92. The minimum absolute atomic E-state index is 0.171. The molecule has 3 N–H and O–H groups in total. The molecule has 0 bridgehead atoms. The number of benzene rings is 1. The average molecular weight is 226 g/mol. The Bertz CT molecular complexity index is 433. The topological polar surface area (TPSA) is 72.2 Å². The minimum atomic E-state index is -3.56. The molecule has 0 saturated carbocycles. The molecular weight excluding hydrogens is 212 g/mol. The van der Waals surface area contributed by atoms with Crippen molar-refractivity contribution in [3.8, 4) is 0 Å². The van der Waals surface area contributed by atoms with Gasteiger partial charge in [-0.15, -0.1) is 0 Å². The van der Waals surface area contributed by atoms with E-state index in [1.807, 2.05) is 12.1 Å². The second-order valence-electron chi connectivity index (χ2n) is 3.76. The molecule has 1 aromatic rings. The van der Waals surface area contributed by atoms with Gasteiger partial charge in [-0.05, 0) is 37.1 Å². The SMILES string of the molecule is NS(=O)(=O)c1ccc([C@H]2CCCN2)cc1. The van der Waals surface area contributed by atoms with Crippen LogP contribution < -0.4 is 10.5 Å².